The molecule has 2 aliphatic heterocycles. The van der Waals surface area contributed by atoms with Crippen molar-refractivity contribution in [2.45, 2.75) is 111 Å². The molecule has 0 bridgehead atoms. The van der Waals surface area contributed by atoms with Crippen LogP contribution in [0.25, 0.3) is 64.7 Å². The van der Waals surface area contributed by atoms with Gasteiger partial charge in [-0.1, -0.05) is 215 Å². The third-order valence-corrected chi connectivity index (χ3v) is 20.8. The third-order valence-electron chi connectivity index (χ3n) is 19.7. The fraction of sp³-hybridized carbons (Fsp3) is 0.205. The minimum atomic E-state index is -0.188. The highest BCUT2D eigenvalue weighted by Crippen LogP contribution is 2.56. The standard InChI is InChI=1S/C83H76BN3S/c1-53-47-67-77-72(43-44-75-78(77)66-51-68-69(52-76(66)88-75)83(10,11)46-45-82(68,8)9)87(63-38-31-59(32-39-63)80(2,3)4)84-70-41-40-64(50-73(70)86(74(48-53)79(67)84)71-42-33-60(81(5,6)7)49-65(71)58-25-19-14-20-26-58)85(61-34-27-56(28-35-61)54-21-15-12-16-22-54)62-36-29-57(30-37-62)55-23-17-13-18-24-55/h12-44,47-52H,45-46H2,1-11H3. The van der Waals surface area contributed by atoms with Crippen molar-refractivity contribution in [1.82, 2.24) is 0 Å². The SMILES string of the molecule is Cc1cc2c3c(c1)N(c1ccc(C(C)(C)C)cc1-c1ccccc1)c1cc(N(c4ccc(-c5ccccc5)cc4)c4ccc(-c5ccccc5)cc4)ccc1B3N(c1ccc(C(C)(C)C)cc1)c1ccc3sc4cc5c(cc4c3c1-2)C(C)(C)CCC5(C)C. The van der Waals surface area contributed by atoms with E-state index in [0.29, 0.717) is 0 Å². The van der Waals surface area contributed by atoms with Crippen LogP contribution in [0.5, 0.6) is 0 Å². The summed E-state index contributed by atoms with van der Waals surface area (Å²) in [6.07, 6.45) is 2.35. The highest BCUT2D eigenvalue weighted by molar-refractivity contribution is 7.26. The van der Waals surface area contributed by atoms with Crippen molar-refractivity contribution in [2.24, 2.45) is 0 Å². The largest absolute Gasteiger partial charge is 0.376 e. The summed E-state index contributed by atoms with van der Waals surface area (Å²) >= 11 is 1.97. The van der Waals surface area contributed by atoms with Crippen molar-refractivity contribution in [2.75, 3.05) is 14.6 Å². The molecule has 0 N–H and O–H groups in total. The first-order valence-electron chi connectivity index (χ1n) is 31.6. The summed E-state index contributed by atoms with van der Waals surface area (Å²) in [5, 5.41) is 2.73. The molecule has 88 heavy (non-hydrogen) atoms. The van der Waals surface area contributed by atoms with Gasteiger partial charge in [0.05, 0.1) is 5.69 Å². The predicted octanol–water partition coefficient (Wildman–Crippen LogP) is 22.5. The molecule has 0 saturated carbocycles. The number of rotatable bonds is 8. The quantitative estimate of drug-likeness (QED) is 0.140. The van der Waals surface area contributed by atoms with Gasteiger partial charge >= 0.3 is 6.85 Å². The van der Waals surface area contributed by atoms with Crippen LogP contribution in [0.3, 0.4) is 0 Å². The highest BCUT2D eigenvalue weighted by atomic mass is 32.1. The summed E-state index contributed by atoms with van der Waals surface area (Å²) < 4.78 is 2.71. The fourth-order valence-corrected chi connectivity index (χ4v) is 15.8. The molecule has 432 valence electrons. The van der Waals surface area contributed by atoms with E-state index in [1.54, 1.807) is 0 Å². The van der Waals surface area contributed by atoms with Gasteiger partial charge in [-0.25, -0.2) is 0 Å². The molecular weight excluding hydrogens is 1080 g/mol. The Labute approximate surface area is 525 Å². The van der Waals surface area contributed by atoms with Crippen LogP contribution < -0.4 is 25.5 Å². The monoisotopic (exact) mass is 1160 g/mol. The molecule has 15 rings (SSSR count). The van der Waals surface area contributed by atoms with Gasteiger partial charge in [-0.05, 0) is 205 Å². The topological polar surface area (TPSA) is 9.72 Å². The van der Waals surface area contributed by atoms with E-state index in [9.17, 15) is 0 Å². The molecule has 0 spiro atoms. The van der Waals surface area contributed by atoms with Crippen LogP contribution in [0.4, 0.5) is 45.5 Å². The molecule has 0 amide bonds. The summed E-state index contributed by atoms with van der Waals surface area (Å²) in [6, 6.07) is 90.2. The molecule has 5 heteroatoms. The summed E-state index contributed by atoms with van der Waals surface area (Å²) in [7, 11) is 0. The lowest BCUT2D eigenvalue weighted by molar-refractivity contribution is 0.332. The Morgan fingerprint density at radius 2 is 0.955 bits per heavy atom. The second kappa shape index (κ2) is 20.6. The number of nitrogens with zero attached hydrogens (tertiary/aromatic N) is 3. The average Bonchev–Trinajstić information content (AvgIpc) is 1.04. The van der Waals surface area contributed by atoms with E-state index in [2.05, 4.69) is 327 Å². The summed E-state index contributed by atoms with van der Waals surface area (Å²) in [5.74, 6) is 0. The Morgan fingerprint density at radius 3 is 1.53 bits per heavy atom. The minimum Gasteiger partial charge on any atom is -0.376 e. The van der Waals surface area contributed by atoms with Gasteiger partial charge in [0.1, 0.15) is 0 Å². The lowest BCUT2D eigenvalue weighted by Crippen LogP contribution is -2.61. The van der Waals surface area contributed by atoms with E-state index in [4.69, 9.17) is 0 Å². The first-order valence-corrected chi connectivity index (χ1v) is 32.4. The van der Waals surface area contributed by atoms with E-state index < -0.39 is 0 Å². The van der Waals surface area contributed by atoms with Crippen LogP contribution in [0.2, 0.25) is 0 Å². The van der Waals surface area contributed by atoms with E-state index in [1.807, 2.05) is 11.3 Å². The molecular formula is C83H76BN3S. The number of thiophene rings is 1. The second-order valence-electron chi connectivity index (χ2n) is 28.5. The zero-order chi connectivity index (χ0) is 60.6. The molecule has 0 atom stereocenters. The van der Waals surface area contributed by atoms with Crippen LogP contribution in [0.15, 0.2) is 237 Å². The number of fused-ring (bicyclic) bond motifs is 9. The van der Waals surface area contributed by atoms with Gasteiger partial charge in [-0.2, -0.15) is 0 Å². The maximum Gasteiger partial charge on any atom is 0.333 e. The molecule has 3 aliphatic rings. The normalized spacial score (nSPS) is 14.8. The molecule has 0 saturated heterocycles. The van der Waals surface area contributed by atoms with Gasteiger partial charge in [0.15, 0.2) is 0 Å². The van der Waals surface area contributed by atoms with E-state index >= 15 is 0 Å². The van der Waals surface area contributed by atoms with E-state index in [0.717, 1.165) is 28.4 Å². The zero-order valence-corrected chi connectivity index (χ0v) is 53.6. The maximum absolute atomic E-state index is 2.72. The molecule has 0 unspecified atom stereocenters. The summed E-state index contributed by atoms with van der Waals surface area (Å²) in [6.45, 7) is 26.0. The van der Waals surface area contributed by atoms with Crippen molar-refractivity contribution in [1.29, 1.82) is 0 Å². The summed E-state index contributed by atoms with van der Waals surface area (Å²) in [5.41, 5.74) is 28.5. The van der Waals surface area contributed by atoms with Crippen LogP contribution in [0, 0.1) is 6.92 Å². The van der Waals surface area contributed by atoms with Crippen LogP contribution in [0.1, 0.15) is 110 Å². The molecule has 1 aliphatic carbocycles. The average molecular weight is 1160 g/mol. The number of anilines is 8. The Kier molecular flexibility index (Phi) is 13.0. The van der Waals surface area contributed by atoms with Crippen LogP contribution >= 0.6 is 11.3 Å². The minimum absolute atomic E-state index is 0.0121. The third kappa shape index (κ3) is 9.30. The van der Waals surface area contributed by atoms with Crippen molar-refractivity contribution >= 4 is 94.8 Å². The number of hydrogen-bond donors (Lipinski definition) is 0. The van der Waals surface area contributed by atoms with Gasteiger partial charge in [0.2, 0.25) is 0 Å². The lowest BCUT2D eigenvalue weighted by atomic mass is 9.43. The predicted molar refractivity (Wildman–Crippen MR) is 381 cm³/mol. The first-order chi connectivity index (χ1) is 42.3. The number of hydrogen-bond acceptors (Lipinski definition) is 4. The Morgan fingerprint density at radius 1 is 0.432 bits per heavy atom. The smallest absolute Gasteiger partial charge is 0.333 e. The van der Waals surface area contributed by atoms with Gasteiger partial charge in [0, 0.05) is 71.1 Å². The van der Waals surface area contributed by atoms with Crippen LogP contribution in [-0.4, -0.2) is 6.85 Å². The van der Waals surface area contributed by atoms with Gasteiger partial charge in [0.25, 0.3) is 0 Å². The Hall–Kier alpha value is -8.90. The molecule has 0 radical (unpaired) electrons. The first kappa shape index (κ1) is 55.7. The lowest BCUT2D eigenvalue weighted by Gasteiger charge is -2.46. The zero-order valence-electron chi connectivity index (χ0n) is 52.8. The molecule has 3 nitrogen and oxygen atoms in total. The van der Waals surface area contributed by atoms with Crippen molar-refractivity contribution < 1.29 is 0 Å². The Balaban J connectivity index is 1.03. The van der Waals surface area contributed by atoms with Gasteiger partial charge in [-0.15, -0.1) is 11.3 Å². The van der Waals surface area contributed by atoms with Gasteiger partial charge in [-0.3, -0.25) is 0 Å². The second-order valence-corrected chi connectivity index (χ2v) is 29.6. The molecule has 0 fully saturated rings. The maximum atomic E-state index is 2.72. The summed E-state index contributed by atoms with van der Waals surface area (Å²) in [4.78, 5) is 7.83. The number of aryl methyl sites for hydroxylation is 1. The molecule has 3 heterocycles. The molecule has 12 aromatic rings. The van der Waals surface area contributed by atoms with Crippen LogP contribution in [-0.2, 0) is 21.7 Å². The van der Waals surface area contributed by atoms with E-state index in [1.165, 1.54) is 133 Å². The van der Waals surface area contributed by atoms with Gasteiger partial charge < -0.3 is 14.6 Å². The highest BCUT2D eigenvalue weighted by Gasteiger charge is 2.47. The van der Waals surface area contributed by atoms with Crippen molar-refractivity contribution in [3.05, 3.63) is 264 Å². The number of benzene rings is 11. The molecule has 11 aromatic carbocycles. The van der Waals surface area contributed by atoms with Crippen molar-refractivity contribution in [3.8, 4) is 44.5 Å². The van der Waals surface area contributed by atoms with E-state index in [-0.39, 0.29) is 28.5 Å². The van der Waals surface area contributed by atoms with Crippen molar-refractivity contribution in [3.63, 3.8) is 0 Å². The Bertz CT molecular complexity index is 4600. The molecule has 1 aromatic heterocycles. The fourth-order valence-electron chi connectivity index (χ4n) is 14.7.